The molecule has 1 aromatic rings. The quantitative estimate of drug-likeness (QED) is 0.568. The standard InChI is InChI=1S/C8H6N6O9/c1-4(15)10(14(22)23)6-3-2-5(9-13(20)21)7(11(16)17)8(6)12(18)19/h2-3,9H,1H3. The molecule has 0 spiro atoms. The van der Waals surface area contributed by atoms with Crippen molar-refractivity contribution in [2.75, 3.05) is 10.4 Å². The van der Waals surface area contributed by atoms with Crippen LogP contribution in [0, 0.1) is 40.5 Å². The highest BCUT2D eigenvalue weighted by molar-refractivity contribution is 5.94. The molecule has 1 amide bonds. The van der Waals surface area contributed by atoms with Crippen LogP contribution in [0.2, 0.25) is 0 Å². The second-order valence-corrected chi connectivity index (χ2v) is 3.78. The first kappa shape index (κ1) is 17.1. The first-order chi connectivity index (χ1) is 10.6. The molecule has 0 aromatic heterocycles. The third kappa shape index (κ3) is 3.40. The smallest absolute Gasteiger partial charge is 0.269 e. The third-order valence-electron chi connectivity index (χ3n) is 2.40. The van der Waals surface area contributed by atoms with E-state index in [1.54, 1.807) is 0 Å². The number of hydrazine groups is 2. The minimum absolute atomic E-state index is 0.277. The molecule has 1 rings (SSSR count). The number of rotatable bonds is 6. The number of nitrogens with one attached hydrogen (secondary N) is 1. The highest BCUT2D eigenvalue weighted by atomic mass is 16.7. The van der Waals surface area contributed by atoms with Gasteiger partial charge < -0.3 is 0 Å². The van der Waals surface area contributed by atoms with Crippen LogP contribution >= 0.6 is 0 Å². The molecule has 0 aliphatic heterocycles. The number of carbonyl (C=O) groups excluding carboxylic acids is 1. The molecule has 0 fully saturated rings. The van der Waals surface area contributed by atoms with E-state index in [4.69, 9.17) is 0 Å². The first-order valence-corrected chi connectivity index (χ1v) is 5.39. The maximum absolute atomic E-state index is 11.3. The summed E-state index contributed by atoms with van der Waals surface area (Å²) < 4.78 is 0. The van der Waals surface area contributed by atoms with Gasteiger partial charge in [0.05, 0.1) is 9.85 Å². The molecule has 1 aromatic carbocycles. The molecule has 0 atom stereocenters. The molecule has 0 aliphatic carbocycles. The first-order valence-electron chi connectivity index (χ1n) is 5.39. The van der Waals surface area contributed by atoms with E-state index in [0.29, 0.717) is 19.1 Å². The van der Waals surface area contributed by atoms with Gasteiger partial charge in [0.1, 0.15) is 0 Å². The molecule has 0 radical (unpaired) electrons. The predicted molar refractivity (Wildman–Crippen MR) is 70.5 cm³/mol. The average molecular weight is 330 g/mol. The van der Waals surface area contributed by atoms with Gasteiger partial charge in [0.2, 0.25) is 0 Å². The van der Waals surface area contributed by atoms with Crippen LogP contribution in [0.15, 0.2) is 12.1 Å². The van der Waals surface area contributed by atoms with Crippen LogP contribution in [0.25, 0.3) is 0 Å². The molecular formula is C8H6N6O9. The SMILES string of the molecule is CC(=O)N(c1ccc(N[N+](=O)[O-])c([N+](=O)[O-])c1[N+](=O)[O-])[N+](=O)[O-]. The van der Waals surface area contributed by atoms with E-state index in [1.165, 1.54) is 5.43 Å². The highest BCUT2D eigenvalue weighted by Gasteiger charge is 2.41. The van der Waals surface area contributed by atoms with E-state index in [-0.39, 0.29) is 5.01 Å². The zero-order chi connectivity index (χ0) is 17.9. The van der Waals surface area contributed by atoms with Gasteiger partial charge in [-0.2, -0.15) is 0 Å². The van der Waals surface area contributed by atoms with Gasteiger partial charge in [-0.05, 0) is 17.1 Å². The number of nitro groups is 4. The third-order valence-corrected chi connectivity index (χ3v) is 2.40. The summed E-state index contributed by atoms with van der Waals surface area (Å²) in [7, 11) is 0. The second-order valence-electron chi connectivity index (χ2n) is 3.78. The number of benzene rings is 1. The number of hydrogen-bond donors (Lipinski definition) is 1. The van der Waals surface area contributed by atoms with Crippen molar-refractivity contribution in [3.8, 4) is 0 Å². The Morgan fingerprint density at radius 1 is 1.00 bits per heavy atom. The number of amides is 1. The summed E-state index contributed by atoms with van der Waals surface area (Å²) in [5, 5.41) is 40.5. The zero-order valence-electron chi connectivity index (χ0n) is 11.1. The van der Waals surface area contributed by atoms with Crippen molar-refractivity contribution in [2.24, 2.45) is 0 Å². The zero-order valence-corrected chi connectivity index (χ0v) is 11.1. The van der Waals surface area contributed by atoms with Crippen molar-refractivity contribution in [2.45, 2.75) is 6.92 Å². The molecule has 0 aliphatic rings. The molecule has 15 heteroatoms. The van der Waals surface area contributed by atoms with E-state index in [9.17, 15) is 45.3 Å². The largest absolute Gasteiger partial charge is 0.378 e. The molecule has 0 saturated carbocycles. The topological polar surface area (TPSA) is 205 Å². The number of carbonyl (C=O) groups is 1. The Kier molecular flexibility index (Phi) is 4.65. The average Bonchev–Trinajstić information content (AvgIpc) is 2.37. The van der Waals surface area contributed by atoms with Crippen molar-refractivity contribution in [3.63, 3.8) is 0 Å². The van der Waals surface area contributed by atoms with Crippen molar-refractivity contribution < 1.29 is 24.7 Å². The summed E-state index contributed by atoms with van der Waals surface area (Å²) in [6.07, 6.45) is 0. The van der Waals surface area contributed by atoms with E-state index < -0.39 is 48.6 Å². The number of nitrogens with zero attached hydrogens (tertiary/aromatic N) is 5. The van der Waals surface area contributed by atoms with Crippen LogP contribution in [0.3, 0.4) is 0 Å². The maximum atomic E-state index is 11.3. The fourth-order valence-electron chi connectivity index (χ4n) is 1.67. The van der Waals surface area contributed by atoms with Crippen LogP contribution in [-0.2, 0) is 4.79 Å². The fourth-order valence-corrected chi connectivity index (χ4v) is 1.67. The van der Waals surface area contributed by atoms with Gasteiger partial charge >= 0.3 is 11.4 Å². The molecular weight excluding hydrogens is 324 g/mol. The highest BCUT2D eigenvalue weighted by Crippen LogP contribution is 2.42. The Morgan fingerprint density at radius 2 is 1.52 bits per heavy atom. The summed E-state index contributed by atoms with van der Waals surface area (Å²) in [5.41, 5.74) is -3.33. The monoisotopic (exact) mass is 330 g/mol. The lowest BCUT2D eigenvalue weighted by Gasteiger charge is -2.11. The molecule has 1 N–H and O–H groups in total. The second kappa shape index (κ2) is 6.24. The Morgan fingerprint density at radius 3 is 1.87 bits per heavy atom. The fraction of sp³-hybridized carbons (Fsp3) is 0.125. The summed E-state index contributed by atoms with van der Waals surface area (Å²) >= 11 is 0. The van der Waals surface area contributed by atoms with Gasteiger partial charge in [0.15, 0.2) is 21.4 Å². The molecule has 122 valence electrons. The molecule has 15 nitrogen and oxygen atoms in total. The van der Waals surface area contributed by atoms with Crippen LogP contribution in [0.1, 0.15) is 6.92 Å². The van der Waals surface area contributed by atoms with E-state index >= 15 is 0 Å². The Bertz CT molecular complexity index is 717. The van der Waals surface area contributed by atoms with Crippen LogP contribution < -0.4 is 10.4 Å². The molecule has 0 bridgehead atoms. The van der Waals surface area contributed by atoms with E-state index in [2.05, 4.69) is 0 Å². The minimum atomic E-state index is -1.44. The summed E-state index contributed by atoms with van der Waals surface area (Å²) in [5.74, 6) is -1.26. The Balaban J connectivity index is 3.80. The van der Waals surface area contributed by atoms with Gasteiger partial charge in [0.25, 0.3) is 5.91 Å². The van der Waals surface area contributed by atoms with Gasteiger partial charge in [-0.25, -0.2) is 20.2 Å². The Hall–Kier alpha value is -3.91. The van der Waals surface area contributed by atoms with Crippen molar-refractivity contribution >= 4 is 28.7 Å². The van der Waals surface area contributed by atoms with Crippen LogP contribution in [-0.4, -0.2) is 25.8 Å². The Labute approximate surface area is 124 Å². The van der Waals surface area contributed by atoms with Gasteiger partial charge in [-0.3, -0.25) is 25.0 Å². The predicted octanol–water partition coefficient (Wildman–Crippen LogP) is 0.651. The van der Waals surface area contributed by atoms with Crippen LogP contribution in [0.4, 0.5) is 22.7 Å². The summed E-state index contributed by atoms with van der Waals surface area (Å²) in [6, 6.07) is 1.25. The normalized spacial score (nSPS) is 9.78. The maximum Gasteiger partial charge on any atom is 0.378 e. The number of nitro benzene ring substituents is 2. The lowest BCUT2D eigenvalue weighted by Crippen LogP contribution is -2.35. The van der Waals surface area contributed by atoms with Crippen LogP contribution in [0.5, 0.6) is 0 Å². The van der Waals surface area contributed by atoms with Crippen molar-refractivity contribution in [3.05, 3.63) is 52.6 Å². The number of hydrogen-bond acceptors (Lipinski definition) is 9. The summed E-state index contributed by atoms with van der Waals surface area (Å²) in [4.78, 5) is 51.9. The van der Waals surface area contributed by atoms with E-state index in [1.807, 2.05) is 0 Å². The molecule has 0 heterocycles. The van der Waals surface area contributed by atoms with Gasteiger partial charge in [0, 0.05) is 6.92 Å². The van der Waals surface area contributed by atoms with Gasteiger partial charge in [-0.1, -0.05) is 0 Å². The van der Waals surface area contributed by atoms with Crippen molar-refractivity contribution in [1.29, 1.82) is 0 Å². The molecule has 0 unspecified atom stereocenters. The lowest BCUT2D eigenvalue weighted by atomic mass is 10.2. The molecule has 0 saturated heterocycles. The van der Waals surface area contributed by atoms with E-state index in [0.717, 1.165) is 0 Å². The van der Waals surface area contributed by atoms with Crippen molar-refractivity contribution in [1.82, 2.24) is 0 Å². The lowest BCUT2D eigenvalue weighted by molar-refractivity contribution is -0.485. The van der Waals surface area contributed by atoms with Gasteiger partial charge in [-0.15, -0.1) is 5.43 Å². The number of anilines is 2. The molecule has 23 heavy (non-hydrogen) atoms. The minimum Gasteiger partial charge on any atom is -0.269 e. The summed E-state index contributed by atoms with van der Waals surface area (Å²) in [6.45, 7) is 0.710.